The van der Waals surface area contributed by atoms with Crippen LogP contribution in [0.4, 0.5) is 4.79 Å². The highest BCUT2D eigenvalue weighted by atomic mass is 16.6. The van der Waals surface area contributed by atoms with Crippen molar-refractivity contribution in [1.29, 1.82) is 0 Å². The molecule has 2 atom stereocenters. The number of nitrogens with one attached hydrogen (secondary N) is 1. The molecule has 1 heterocycles. The van der Waals surface area contributed by atoms with E-state index in [9.17, 15) is 9.59 Å². The molecule has 0 saturated carbocycles. The van der Waals surface area contributed by atoms with Gasteiger partial charge in [0.15, 0.2) is 0 Å². The van der Waals surface area contributed by atoms with E-state index < -0.39 is 0 Å². The topological polar surface area (TPSA) is 61.9 Å². The van der Waals surface area contributed by atoms with Crippen molar-refractivity contribution in [3.63, 3.8) is 0 Å². The summed E-state index contributed by atoms with van der Waals surface area (Å²) in [6.07, 6.45) is 1.65. The molecule has 0 spiro atoms. The summed E-state index contributed by atoms with van der Waals surface area (Å²) in [5.41, 5.74) is 1.14. The molecule has 6 nitrogen and oxygen atoms in total. The number of hydrogen-bond acceptors (Lipinski definition) is 4. The first-order chi connectivity index (χ1) is 12.6. The smallest absolute Gasteiger partial charge is 0.409 e. The van der Waals surface area contributed by atoms with Crippen molar-refractivity contribution in [2.75, 3.05) is 32.8 Å². The van der Waals surface area contributed by atoms with E-state index in [0.29, 0.717) is 32.8 Å². The quantitative estimate of drug-likeness (QED) is 0.811. The fraction of sp³-hybridized carbons (Fsp3) is 0.600. The molecule has 0 radical (unpaired) electrons. The van der Waals surface area contributed by atoms with Gasteiger partial charge in [-0.3, -0.25) is 9.69 Å². The average Bonchev–Trinajstić information content (AvgIpc) is 2.68. The van der Waals surface area contributed by atoms with E-state index in [1.165, 1.54) is 0 Å². The zero-order valence-corrected chi connectivity index (χ0v) is 16.1. The van der Waals surface area contributed by atoms with Gasteiger partial charge in [0.2, 0.25) is 5.91 Å². The molecule has 0 aromatic heterocycles. The summed E-state index contributed by atoms with van der Waals surface area (Å²) in [7, 11) is 0. The van der Waals surface area contributed by atoms with Gasteiger partial charge >= 0.3 is 6.09 Å². The Morgan fingerprint density at radius 3 is 2.35 bits per heavy atom. The van der Waals surface area contributed by atoms with Crippen molar-refractivity contribution in [2.24, 2.45) is 0 Å². The van der Waals surface area contributed by atoms with E-state index in [4.69, 9.17) is 4.74 Å². The molecule has 1 aliphatic rings. The summed E-state index contributed by atoms with van der Waals surface area (Å²) in [6.45, 7) is 8.79. The third-order valence-corrected chi connectivity index (χ3v) is 4.86. The maximum atomic E-state index is 12.8. The largest absolute Gasteiger partial charge is 0.450 e. The second kappa shape index (κ2) is 10.2. The second-order valence-corrected chi connectivity index (χ2v) is 6.66. The number of piperazine rings is 1. The lowest BCUT2D eigenvalue weighted by molar-refractivity contribution is -0.127. The van der Waals surface area contributed by atoms with E-state index >= 15 is 0 Å². The van der Waals surface area contributed by atoms with Crippen LogP contribution in [-0.2, 0) is 9.53 Å². The van der Waals surface area contributed by atoms with Crippen LogP contribution in [0, 0.1) is 0 Å². The van der Waals surface area contributed by atoms with Gasteiger partial charge in [-0.15, -0.1) is 0 Å². The van der Waals surface area contributed by atoms with Crippen LogP contribution in [0.1, 0.15) is 45.2 Å². The van der Waals surface area contributed by atoms with Gasteiger partial charge in [0.1, 0.15) is 0 Å². The predicted molar refractivity (Wildman–Crippen MR) is 102 cm³/mol. The highest BCUT2D eigenvalue weighted by molar-refractivity contribution is 5.81. The highest BCUT2D eigenvalue weighted by Crippen LogP contribution is 2.19. The fourth-order valence-corrected chi connectivity index (χ4v) is 3.26. The van der Waals surface area contributed by atoms with Gasteiger partial charge in [0, 0.05) is 26.2 Å². The van der Waals surface area contributed by atoms with Crippen LogP contribution in [0.2, 0.25) is 0 Å². The maximum absolute atomic E-state index is 12.8. The third kappa shape index (κ3) is 5.46. The Morgan fingerprint density at radius 1 is 1.12 bits per heavy atom. The van der Waals surface area contributed by atoms with Crippen LogP contribution in [0.3, 0.4) is 0 Å². The SMILES string of the molecule is CCCC(NC(=O)C(C)N1CCN(C(=O)OCC)CC1)c1ccccc1. The standard InChI is InChI=1S/C20H31N3O3/c1-4-9-18(17-10-7-6-8-11-17)21-19(24)16(3)22-12-14-23(15-13-22)20(25)26-5-2/h6-8,10-11,16,18H,4-5,9,12-15H2,1-3H3,(H,21,24). The van der Waals surface area contributed by atoms with Crippen LogP contribution in [0.5, 0.6) is 0 Å². The molecule has 6 heteroatoms. The second-order valence-electron chi connectivity index (χ2n) is 6.66. The van der Waals surface area contributed by atoms with E-state index in [0.717, 1.165) is 18.4 Å². The first kappa shape index (κ1) is 20.2. The van der Waals surface area contributed by atoms with Gasteiger partial charge < -0.3 is 15.0 Å². The summed E-state index contributed by atoms with van der Waals surface area (Å²) in [6, 6.07) is 9.93. The lowest BCUT2D eigenvalue weighted by Crippen LogP contribution is -2.55. The molecule has 144 valence electrons. The predicted octanol–water partition coefficient (Wildman–Crippen LogP) is 2.81. The molecule has 1 aromatic carbocycles. The zero-order valence-electron chi connectivity index (χ0n) is 16.1. The average molecular weight is 361 g/mol. The van der Waals surface area contributed by atoms with Crippen LogP contribution in [0.25, 0.3) is 0 Å². The fourth-order valence-electron chi connectivity index (χ4n) is 3.26. The summed E-state index contributed by atoms with van der Waals surface area (Å²) in [5, 5.41) is 3.20. The lowest BCUT2D eigenvalue weighted by Gasteiger charge is -2.37. The molecular weight excluding hydrogens is 330 g/mol. The van der Waals surface area contributed by atoms with Gasteiger partial charge in [-0.25, -0.2) is 4.79 Å². The number of hydrogen-bond donors (Lipinski definition) is 1. The van der Waals surface area contributed by atoms with Crippen LogP contribution in [0.15, 0.2) is 30.3 Å². The lowest BCUT2D eigenvalue weighted by atomic mass is 10.0. The Bertz CT molecular complexity index is 571. The maximum Gasteiger partial charge on any atom is 0.409 e. The number of rotatable bonds is 7. The van der Waals surface area contributed by atoms with Crippen molar-refractivity contribution in [3.05, 3.63) is 35.9 Å². The molecule has 1 N–H and O–H groups in total. The number of nitrogens with zero attached hydrogens (tertiary/aromatic N) is 2. The number of benzene rings is 1. The molecule has 2 amide bonds. The normalized spacial score (nSPS) is 17.4. The van der Waals surface area contributed by atoms with Crippen molar-refractivity contribution in [1.82, 2.24) is 15.1 Å². The molecular formula is C20H31N3O3. The molecule has 26 heavy (non-hydrogen) atoms. The van der Waals surface area contributed by atoms with Crippen molar-refractivity contribution in [2.45, 2.75) is 45.7 Å². The van der Waals surface area contributed by atoms with E-state index in [2.05, 4.69) is 29.3 Å². The van der Waals surface area contributed by atoms with E-state index in [1.54, 1.807) is 11.8 Å². The van der Waals surface area contributed by atoms with E-state index in [-0.39, 0.29) is 24.1 Å². The number of ether oxygens (including phenoxy) is 1. The third-order valence-electron chi connectivity index (χ3n) is 4.86. The molecule has 0 bridgehead atoms. The van der Waals surface area contributed by atoms with Gasteiger partial charge in [0.05, 0.1) is 18.7 Å². The molecule has 2 rings (SSSR count). The zero-order chi connectivity index (χ0) is 18.9. The summed E-state index contributed by atoms with van der Waals surface area (Å²) < 4.78 is 5.04. The Kier molecular flexibility index (Phi) is 7.91. The minimum absolute atomic E-state index is 0.0388. The molecule has 1 aromatic rings. The van der Waals surface area contributed by atoms with Crippen molar-refractivity contribution in [3.8, 4) is 0 Å². The first-order valence-corrected chi connectivity index (χ1v) is 9.57. The Labute approximate surface area is 156 Å². The molecule has 2 unspecified atom stereocenters. The Hall–Kier alpha value is -2.08. The first-order valence-electron chi connectivity index (χ1n) is 9.57. The van der Waals surface area contributed by atoms with Crippen LogP contribution in [-0.4, -0.2) is 60.6 Å². The minimum Gasteiger partial charge on any atom is -0.450 e. The number of carbonyl (C=O) groups is 2. The molecule has 1 saturated heterocycles. The van der Waals surface area contributed by atoms with Crippen LogP contribution < -0.4 is 5.32 Å². The summed E-state index contributed by atoms with van der Waals surface area (Å²) in [4.78, 5) is 28.4. The highest BCUT2D eigenvalue weighted by Gasteiger charge is 2.29. The minimum atomic E-state index is -0.267. The monoisotopic (exact) mass is 361 g/mol. The summed E-state index contributed by atoms with van der Waals surface area (Å²) in [5.74, 6) is 0.0388. The van der Waals surface area contributed by atoms with Gasteiger partial charge in [-0.05, 0) is 25.8 Å². The van der Waals surface area contributed by atoms with Gasteiger partial charge in [-0.1, -0.05) is 43.7 Å². The number of carbonyl (C=O) groups excluding carboxylic acids is 2. The Balaban J connectivity index is 1.89. The van der Waals surface area contributed by atoms with Crippen molar-refractivity contribution >= 4 is 12.0 Å². The van der Waals surface area contributed by atoms with Crippen LogP contribution >= 0.6 is 0 Å². The summed E-state index contributed by atoms with van der Waals surface area (Å²) >= 11 is 0. The van der Waals surface area contributed by atoms with E-state index in [1.807, 2.05) is 25.1 Å². The van der Waals surface area contributed by atoms with Gasteiger partial charge in [0.25, 0.3) is 0 Å². The Morgan fingerprint density at radius 2 is 1.77 bits per heavy atom. The molecule has 1 aliphatic heterocycles. The molecule has 0 aliphatic carbocycles. The van der Waals surface area contributed by atoms with Gasteiger partial charge in [-0.2, -0.15) is 0 Å². The van der Waals surface area contributed by atoms with Crippen molar-refractivity contribution < 1.29 is 14.3 Å². The molecule has 1 fully saturated rings. The number of amides is 2.